The standard InChI is InChI=1S/C22H24O4/c1-4-7-19-12-18-11-16(10-15(2)22(18)26-19)14-25-20-9-6-5-8-17(20)13-21(23)24-3/h5-6,8-12H,4,7,13-14H2,1-3H3. The molecule has 2 aromatic carbocycles. The fourth-order valence-corrected chi connectivity index (χ4v) is 3.09. The third kappa shape index (κ3) is 4.07. The highest BCUT2D eigenvalue weighted by Crippen LogP contribution is 2.27. The van der Waals surface area contributed by atoms with Gasteiger partial charge in [-0.3, -0.25) is 4.79 Å². The first-order valence-electron chi connectivity index (χ1n) is 8.90. The first-order valence-corrected chi connectivity index (χ1v) is 8.90. The van der Waals surface area contributed by atoms with Crippen LogP contribution in [0.5, 0.6) is 5.75 Å². The van der Waals surface area contributed by atoms with E-state index in [-0.39, 0.29) is 12.4 Å². The second-order valence-corrected chi connectivity index (χ2v) is 6.44. The summed E-state index contributed by atoms with van der Waals surface area (Å²) in [4.78, 5) is 11.6. The Bertz CT molecular complexity index is 908. The third-order valence-electron chi connectivity index (χ3n) is 4.34. The van der Waals surface area contributed by atoms with Crippen molar-refractivity contribution in [1.82, 2.24) is 0 Å². The predicted molar refractivity (Wildman–Crippen MR) is 101 cm³/mol. The number of aryl methyl sites for hydroxylation is 2. The molecule has 0 saturated heterocycles. The monoisotopic (exact) mass is 352 g/mol. The summed E-state index contributed by atoms with van der Waals surface area (Å²) in [5.41, 5.74) is 3.95. The number of fused-ring (bicyclic) bond motifs is 1. The Morgan fingerprint density at radius 2 is 1.96 bits per heavy atom. The molecule has 0 saturated carbocycles. The Kier molecular flexibility index (Phi) is 5.61. The van der Waals surface area contributed by atoms with Gasteiger partial charge in [0.1, 0.15) is 23.7 Å². The fraction of sp³-hybridized carbons (Fsp3) is 0.318. The van der Waals surface area contributed by atoms with Crippen molar-refractivity contribution in [2.75, 3.05) is 7.11 Å². The third-order valence-corrected chi connectivity index (χ3v) is 4.34. The average Bonchev–Trinajstić information content (AvgIpc) is 3.04. The van der Waals surface area contributed by atoms with Crippen molar-refractivity contribution in [3.63, 3.8) is 0 Å². The van der Waals surface area contributed by atoms with Gasteiger partial charge in [-0.1, -0.05) is 25.1 Å². The molecule has 0 unspecified atom stereocenters. The van der Waals surface area contributed by atoms with Crippen LogP contribution in [0.15, 0.2) is 46.9 Å². The van der Waals surface area contributed by atoms with Crippen LogP contribution in [0.25, 0.3) is 11.0 Å². The Morgan fingerprint density at radius 1 is 1.15 bits per heavy atom. The Morgan fingerprint density at radius 3 is 2.73 bits per heavy atom. The lowest BCUT2D eigenvalue weighted by molar-refractivity contribution is -0.139. The van der Waals surface area contributed by atoms with E-state index < -0.39 is 0 Å². The minimum absolute atomic E-state index is 0.201. The zero-order valence-corrected chi connectivity index (χ0v) is 15.5. The highest BCUT2D eigenvalue weighted by Gasteiger charge is 2.11. The molecule has 0 bridgehead atoms. The zero-order chi connectivity index (χ0) is 18.5. The van der Waals surface area contributed by atoms with Crippen molar-refractivity contribution in [2.24, 2.45) is 0 Å². The van der Waals surface area contributed by atoms with Crippen LogP contribution in [0.3, 0.4) is 0 Å². The van der Waals surface area contributed by atoms with Crippen molar-refractivity contribution < 1.29 is 18.7 Å². The van der Waals surface area contributed by atoms with E-state index in [2.05, 4.69) is 32.0 Å². The van der Waals surface area contributed by atoms with Crippen molar-refractivity contribution >= 4 is 16.9 Å². The molecular weight excluding hydrogens is 328 g/mol. The van der Waals surface area contributed by atoms with Gasteiger partial charge in [0, 0.05) is 17.4 Å². The van der Waals surface area contributed by atoms with Crippen molar-refractivity contribution in [1.29, 1.82) is 0 Å². The molecule has 0 N–H and O–H groups in total. The van der Waals surface area contributed by atoms with Crippen LogP contribution in [0.4, 0.5) is 0 Å². The summed E-state index contributed by atoms with van der Waals surface area (Å²) in [6, 6.07) is 13.9. The topological polar surface area (TPSA) is 48.7 Å². The molecule has 1 heterocycles. The molecule has 26 heavy (non-hydrogen) atoms. The highest BCUT2D eigenvalue weighted by atomic mass is 16.5. The quantitative estimate of drug-likeness (QED) is 0.562. The first kappa shape index (κ1) is 18.1. The van der Waals surface area contributed by atoms with Gasteiger partial charge in [-0.25, -0.2) is 0 Å². The van der Waals surface area contributed by atoms with E-state index in [1.54, 1.807) is 0 Å². The number of ether oxygens (including phenoxy) is 2. The van der Waals surface area contributed by atoms with Gasteiger partial charge in [-0.05, 0) is 48.7 Å². The van der Waals surface area contributed by atoms with Crippen LogP contribution in [-0.2, 0) is 29.0 Å². The van der Waals surface area contributed by atoms with E-state index in [0.29, 0.717) is 12.4 Å². The minimum Gasteiger partial charge on any atom is -0.489 e. The van der Waals surface area contributed by atoms with Crippen molar-refractivity contribution in [2.45, 2.75) is 39.7 Å². The SMILES string of the molecule is CCCc1cc2cc(COc3ccccc3CC(=O)OC)cc(C)c2o1. The van der Waals surface area contributed by atoms with Gasteiger partial charge in [0.05, 0.1) is 13.5 Å². The number of benzene rings is 2. The van der Waals surface area contributed by atoms with E-state index >= 15 is 0 Å². The van der Waals surface area contributed by atoms with Gasteiger partial charge in [-0.2, -0.15) is 0 Å². The molecule has 136 valence electrons. The van der Waals surface area contributed by atoms with Gasteiger partial charge < -0.3 is 13.9 Å². The molecule has 0 atom stereocenters. The predicted octanol–water partition coefficient (Wildman–Crippen LogP) is 4.99. The summed E-state index contributed by atoms with van der Waals surface area (Å²) < 4.78 is 16.7. The summed E-state index contributed by atoms with van der Waals surface area (Å²) in [6.07, 6.45) is 2.21. The molecular formula is C22H24O4. The van der Waals surface area contributed by atoms with Crippen LogP contribution < -0.4 is 4.74 Å². The molecule has 3 aromatic rings. The van der Waals surface area contributed by atoms with E-state index in [0.717, 1.165) is 46.3 Å². The zero-order valence-electron chi connectivity index (χ0n) is 15.5. The number of furan rings is 1. The van der Waals surface area contributed by atoms with Gasteiger partial charge in [0.25, 0.3) is 0 Å². The molecule has 0 amide bonds. The molecule has 0 spiro atoms. The molecule has 3 rings (SSSR count). The molecule has 0 aliphatic rings. The maximum Gasteiger partial charge on any atom is 0.310 e. The normalized spacial score (nSPS) is 10.9. The number of hydrogen-bond acceptors (Lipinski definition) is 4. The summed E-state index contributed by atoms with van der Waals surface area (Å²) in [7, 11) is 1.39. The number of para-hydroxylation sites is 1. The maximum absolute atomic E-state index is 11.6. The lowest BCUT2D eigenvalue weighted by atomic mass is 10.1. The molecule has 1 aromatic heterocycles. The van der Waals surface area contributed by atoms with Gasteiger partial charge in [0.2, 0.25) is 0 Å². The summed E-state index contributed by atoms with van der Waals surface area (Å²) >= 11 is 0. The van der Waals surface area contributed by atoms with Crippen LogP contribution >= 0.6 is 0 Å². The highest BCUT2D eigenvalue weighted by molar-refractivity contribution is 5.82. The number of esters is 1. The summed E-state index contributed by atoms with van der Waals surface area (Å²) in [6.45, 7) is 4.63. The first-order chi connectivity index (χ1) is 12.6. The maximum atomic E-state index is 11.6. The number of carbonyl (C=O) groups excluding carboxylic acids is 1. The lowest BCUT2D eigenvalue weighted by Gasteiger charge is -2.11. The van der Waals surface area contributed by atoms with Crippen molar-refractivity contribution in [3.8, 4) is 5.75 Å². The minimum atomic E-state index is -0.278. The lowest BCUT2D eigenvalue weighted by Crippen LogP contribution is -2.06. The Balaban J connectivity index is 1.79. The van der Waals surface area contributed by atoms with Crippen LogP contribution in [0, 0.1) is 6.92 Å². The van der Waals surface area contributed by atoms with E-state index in [4.69, 9.17) is 13.9 Å². The van der Waals surface area contributed by atoms with Crippen molar-refractivity contribution in [3.05, 3.63) is 64.9 Å². The molecule has 0 aliphatic carbocycles. The van der Waals surface area contributed by atoms with E-state index in [9.17, 15) is 4.79 Å². The second kappa shape index (κ2) is 8.09. The number of carbonyl (C=O) groups is 1. The van der Waals surface area contributed by atoms with E-state index in [1.807, 2.05) is 24.3 Å². The second-order valence-electron chi connectivity index (χ2n) is 6.44. The van der Waals surface area contributed by atoms with Gasteiger partial charge in [-0.15, -0.1) is 0 Å². The number of rotatable bonds is 7. The summed E-state index contributed by atoms with van der Waals surface area (Å²) in [5.74, 6) is 1.45. The van der Waals surface area contributed by atoms with Crippen LogP contribution in [0.1, 0.15) is 35.8 Å². The molecule has 4 nitrogen and oxygen atoms in total. The average molecular weight is 352 g/mol. The molecule has 0 aliphatic heterocycles. The number of hydrogen-bond donors (Lipinski definition) is 0. The number of methoxy groups -OCH3 is 1. The van der Waals surface area contributed by atoms with Crippen LogP contribution in [-0.4, -0.2) is 13.1 Å². The molecule has 4 heteroatoms. The Labute approximate surface area is 153 Å². The van der Waals surface area contributed by atoms with Gasteiger partial charge >= 0.3 is 5.97 Å². The molecule has 0 radical (unpaired) electrons. The van der Waals surface area contributed by atoms with E-state index in [1.165, 1.54) is 7.11 Å². The fourth-order valence-electron chi connectivity index (χ4n) is 3.09. The summed E-state index contributed by atoms with van der Waals surface area (Å²) in [5, 5.41) is 1.11. The Hall–Kier alpha value is -2.75. The van der Waals surface area contributed by atoms with Crippen LogP contribution in [0.2, 0.25) is 0 Å². The smallest absolute Gasteiger partial charge is 0.310 e. The molecule has 0 fully saturated rings. The largest absolute Gasteiger partial charge is 0.489 e. The van der Waals surface area contributed by atoms with Gasteiger partial charge in [0.15, 0.2) is 0 Å².